The number of ether oxygens (including phenoxy) is 1. The van der Waals surface area contributed by atoms with Crippen LogP contribution in [-0.2, 0) is 9.53 Å². The van der Waals surface area contributed by atoms with Gasteiger partial charge in [-0.25, -0.2) is 13.6 Å². The van der Waals surface area contributed by atoms with Gasteiger partial charge in [0.25, 0.3) is 11.6 Å². The first-order chi connectivity index (χ1) is 11.4. The van der Waals surface area contributed by atoms with Gasteiger partial charge < -0.3 is 10.1 Å². The fraction of sp³-hybridized carbons (Fsp3) is 0.0667. The van der Waals surface area contributed by atoms with Gasteiger partial charge in [0.15, 0.2) is 6.61 Å². The predicted molar refractivity (Wildman–Crippen MR) is 78.4 cm³/mol. The Kier molecular flexibility index (Phi) is 5.15. The first-order valence-electron chi connectivity index (χ1n) is 6.53. The highest BCUT2D eigenvalue weighted by molar-refractivity contribution is 5.95. The number of nitrogens with zero attached hydrogens (tertiary/aromatic N) is 1. The molecule has 2 aromatic rings. The molecule has 0 aromatic heterocycles. The Bertz CT molecular complexity index is 810. The molecule has 1 amide bonds. The second-order valence-electron chi connectivity index (χ2n) is 4.56. The van der Waals surface area contributed by atoms with Crippen molar-refractivity contribution in [1.29, 1.82) is 0 Å². The lowest BCUT2D eigenvalue weighted by Gasteiger charge is -2.07. The van der Waals surface area contributed by atoms with Gasteiger partial charge in [0, 0.05) is 18.2 Å². The van der Waals surface area contributed by atoms with Gasteiger partial charge in [0.05, 0.1) is 16.2 Å². The van der Waals surface area contributed by atoms with Crippen molar-refractivity contribution in [3.05, 3.63) is 69.8 Å². The molecule has 7 nitrogen and oxygen atoms in total. The summed E-state index contributed by atoms with van der Waals surface area (Å²) < 4.78 is 30.8. The number of anilines is 1. The van der Waals surface area contributed by atoms with Gasteiger partial charge >= 0.3 is 5.97 Å². The molecular formula is C15H10F2N2O5. The van der Waals surface area contributed by atoms with Crippen molar-refractivity contribution < 1.29 is 28.0 Å². The number of rotatable bonds is 5. The third kappa shape index (κ3) is 4.32. The van der Waals surface area contributed by atoms with Crippen molar-refractivity contribution in [3.63, 3.8) is 0 Å². The summed E-state index contributed by atoms with van der Waals surface area (Å²) in [7, 11) is 0. The van der Waals surface area contributed by atoms with E-state index in [0.29, 0.717) is 6.07 Å². The molecule has 124 valence electrons. The quantitative estimate of drug-likeness (QED) is 0.514. The molecule has 0 aliphatic carbocycles. The predicted octanol–water partition coefficient (Wildman–Crippen LogP) is 2.67. The summed E-state index contributed by atoms with van der Waals surface area (Å²) >= 11 is 0. The molecule has 0 bridgehead atoms. The van der Waals surface area contributed by atoms with E-state index in [0.717, 1.165) is 18.2 Å². The lowest BCUT2D eigenvalue weighted by atomic mass is 10.2. The summed E-state index contributed by atoms with van der Waals surface area (Å²) in [5.74, 6) is -3.58. The lowest BCUT2D eigenvalue weighted by Crippen LogP contribution is -2.21. The van der Waals surface area contributed by atoms with E-state index in [1.165, 1.54) is 18.2 Å². The number of halogens is 2. The molecule has 0 atom stereocenters. The molecule has 0 saturated carbocycles. The smallest absolute Gasteiger partial charge is 0.338 e. The first-order valence-corrected chi connectivity index (χ1v) is 6.53. The van der Waals surface area contributed by atoms with Crippen molar-refractivity contribution in [3.8, 4) is 0 Å². The largest absolute Gasteiger partial charge is 0.452 e. The molecule has 0 aliphatic heterocycles. The van der Waals surface area contributed by atoms with Crippen LogP contribution in [0.2, 0.25) is 0 Å². The van der Waals surface area contributed by atoms with Crippen LogP contribution in [0.5, 0.6) is 0 Å². The second kappa shape index (κ2) is 7.27. The van der Waals surface area contributed by atoms with Gasteiger partial charge in [-0.3, -0.25) is 14.9 Å². The highest BCUT2D eigenvalue weighted by atomic mass is 19.1. The lowest BCUT2D eigenvalue weighted by molar-refractivity contribution is -0.384. The third-order valence-corrected chi connectivity index (χ3v) is 2.83. The molecule has 0 saturated heterocycles. The minimum Gasteiger partial charge on any atom is -0.452 e. The van der Waals surface area contributed by atoms with Crippen molar-refractivity contribution in [2.75, 3.05) is 11.9 Å². The molecule has 2 rings (SSSR count). The number of non-ortho nitro benzene ring substituents is 1. The average Bonchev–Trinajstić information content (AvgIpc) is 2.55. The Hall–Kier alpha value is -3.36. The number of amides is 1. The maximum atomic E-state index is 13.4. The Balaban J connectivity index is 1.95. The van der Waals surface area contributed by atoms with E-state index in [4.69, 9.17) is 4.74 Å². The van der Waals surface area contributed by atoms with Gasteiger partial charge in [-0.2, -0.15) is 0 Å². The van der Waals surface area contributed by atoms with Gasteiger partial charge in [0.2, 0.25) is 0 Å². The molecule has 1 N–H and O–H groups in total. The number of nitro groups is 1. The topological polar surface area (TPSA) is 98.5 Å². The Labute approximate surface area is 134 Å². The first kappa shape index (κ1) is 17.0. The zero-order chi connectivity index (χ0) is 17.7. The average molecular weight is 336 g/mol. The van der Waals surface area contributed by atoms with Crippen molar-refractivity contribution in [1.82, 2.24) is 0 Å². The molecule has 0 aliphatic rings. The van der Waals surface area contributed by atoms with Crippen LogP contribution in [-0.4, -0.2) is 23.4 Å². The molecule has 0 heterocycles. The fourth-order valence-corrected chi connectivity index (χ4v) is 1.74. The molecule has 24 heavy (non-hydrogen) atoms. The van der Waals surface area contributed by atoms with Crippen LogP contribution < -0.4 is 5.32 Å². The van der Waals surface area contributed by atoms with Crippen LogP contribution in [0, 0.1) is 21.7 Å². The number of hydrogen-bond acceptors (Lipinski definition) is 5. The van der Waals surface area contributed by atoms with E-state index in [2.05, 4.69) is 5.32 Å². The summed E-state index contributed by atoms with van der Waals surface area (Å²) in [6.07, 6.45) is 0. The Morgan fingerprint density at radius 2 is 1.92 bits per heavy atom. The third-order valence-electron chi connectivity index (χ3n) is 2.83. The zero-order valence-corrected chi connectivity index (χ0v) is 12.0. The standard InChI is InChI=1S/C15H10F2N2O5/c16-10-4-5-13(12(17)7-10)18-14(20)8-24-15(21)9-2-1-3-11(6-9)19(22)23/h1-7H,8H2,(H,18,20). The number of nitrogens with one attached hydrogen (secondary N) is 1. The van der Waals surface area contributed by atoms with E-state index in [1.54, 1.807) is 0 Å². The number of esters is 1. The number of hydrogen-bond donors (Lipinski definition) is 1. The molecule has 0 radical (unpaired) electrons. The molecule has 9 heteroatoms. The van der Waals surface area contributed by atoms with Crippen LogP contribution in [0.1, 0.15) is 10.4 Å². The van der Waals surface area contributed by atoms with Gasteiger partial charge in [-0.05, 0) is 18.2 Å². The zero-order valence-electron chi connectivity index (χ0n) is 12.0. The van der Waals surface area contributed by atoms with Gasteiger partial charge in [-0.1, -0.05) is 6.07 Å². The Morgan fingerprint density at radius 1 is 1.17 bits per heavy atom. The van der Waals surface area contributed by atoms with E-state index < -0.39 is 35.0 Å². The molecule has 0 spiro atoms. The van der Waals surface area contributed by atoms with Crippen molar-refractivity contribution in [2.24, 2.45) is 0 Å². The Morgan fingerprint density at radius 3 is 2.58 bits per heavy atom. The maximum Gasteiger partial charge on any atom is 0.338 e. The number of carbonyl (C=O) groups excluding carboxylic acids is 2. The van der Waals surface area contributed by atoms with Gasteiger partial charge in [0.1, 0.15) is 11.6 Å². The van der Waals surface area contributed by atoms with Crippen LogP contribution in [0.15, 0.2) is 42.5 Å². The summed E-state index contributed by atoms with van der Waals surface area (Å²) in [5, 5.41) is 12.7. The van der Waals surface area contributed by atoms with Crippen molar-refractivity contribution >= 4 is 23.3 Å². The second-order valence-corrected chi connectivity index (χ2v) is 4.56. The minimum absolute atomic E-state index is 0.107. The molecule has 0 unspecified atom stereocenters. The van der Waals surface area contributed by atoms with Gasteiger partial charge in [-0.15, -0.1) is 0 Å². The molecule has 2 aromatic carbocycles. The highest BCUT2D eigenvalue weighted by Crippen LogP contribution is 2.15. The van der Waals surface area contributed by atoms with E-state index in [9.17, 15) is 28.5 Å². The van der Waals surface area contributed by atoms with Crippen LogP contribution in [0.4, 0.5) is 20.2 Å². The number of carbonyl (C=O) groups is 2. The van der Waals surface area contributed by atoms with E-state index in [-0.39, 0.29) is 16.9 Å². The normalized spacial score (nSPS) is 10.1. The molecular weight excluding hydrogens is 326 g/mol. The summed E-state index contributed by atoms with van der Waals surface area (Å²) in [6, 6.07) is 7.33. The monoisotopic (exact) mass is 336 g/mol. The minimum atomic E-state index is -0.978. The van der Waals surface area contributed by atoms with Crippen LogP contribution in [0.3, 0.4) is 0 Å². The van der Waals surface area contributed by atoms with E-state index >= 15 is 0 Å². The highest BCUT2D eigenvalue weighted by Gasteiger charge is 2.15. The maximum absolute atomic E-state index is 13.4. The van der Waals surface area contributed by atoms with Crippen LogP contribution >= 0.6 is 0 Å². The molecule has 0 fully saturated rings. The SMILES string of the molecule is O=C(COC(=O)c1cccc([N+](=O)[O-])c1)Nc1ccc(F)cc1F. The fourth-order valence-electron chi connectivity index (χ4n) is 1.74. The summed E-state index contributed by atoms with van der Waals surface area (Å²) in [4.78, 5) is 33.3. The summed E-state index contributed by atoms with van der Waals surface area (Å²) in [6.45, 7) is -0.738. The number of benzene rings is 2. The summed E-state index contributed by atoms with van der Waals surface area (Å²) in [5.41, 5.74) is -0.681. The van der Waals surface area contributed by atoms with Crippen LogP contribution in [0.25, 0.3) is 0 Å². The van der Waals surface area contributed by atoms with E-state index in [1.807, 2.05) is 0 Å². The van der Waals surface area contributed by atoms with Crippen molar-refractivity contribution in [2.45, 2.75) is 0 Å². The number of nitro benzene ring substituents is 1.